The maximum absolute atomic E-state index is 11.6. The van der Waals surface area contributed by atoms with Crippen molar-refractivity contribution in [1.82, 2.24) is 0 Å². The molecule has 3 nitrogen and oxygen atoms in total. The van der Waals surface area contributed by atoms with Crippen LogP contribution in [-0.2, 0) is 11.2 Å². The van der Waals surface area contributed by atoms with E-state index in [1.165, 1.54) is 0 Å². The highest BCUT2D eigenvalue weighted by Crippen LogP contribution is 2.25. The van der Waals surface area contributed by atoms with E-state index in [4.69, 9.17) is 4.74 Å². The number of benzene rings is 3. The average Bonchev–Trinajstić information content (AvgIpc) is 2.62. The fourth-order valence-electron chi connectivity index (χ4n) is 2.59. The molecule has 120 valence electrons. The van der Waals surface area contributed by atoms with Gasteiger partial charge in [0.1, 0.15) is 11.5 Å². The van der Waals surface area contributed by atoms with Gasteiger partial charge in [-0.1, -0.05) is 60.7 Å². The molecular formula is C21H18O3. The summed E-state index contributed by atoms with van der Waals surface area (Å²) in [7, 11) is 0. The largest absolute Gasteiger partial charge is 0.481 e. The second-order valence-electron chi connectivity index (χ2n) is 5.56. The summed E-state index contributed by atoms with van der Waals surface area (Å²) in [6.45, 7) is 0. The van der Waals surface area contributed by atoms with Crippen molar-refractivity contribution in [3.63, 3.8) is 0 Å². The first-order chi connectivity index (χ1) is 11.7. The molecule has 0 aliphatic carbocycles. The van der Waals surface area contributed by atoms with Crippen molar-refractivity contribution >= 4 is 5.97 Å². The number of ether oxygens (including phenoxy) is 1. The zero-order valence-electron chi connectivity index (χ0n) is 13.1. The van der Waals surface area contributed by atoms with Gasteiger partial charge in [0.25, 0.3) is 0 Å². The minimum Gasteiger partial charge on any atom is -0.481 e. The van der Waals surface area contributed by atoms with E-state index in [0.717, 1.165) is 22.6 Å². The predicted molar refractivity (Wildman–Crippen MR) is 93.5 cm³/mol. The summed E-state index contributed by atoms with van der Waals surface area (Å²) in [5.74, 6) is 0.146. The van der Waals surface area contributed by atoms with Crippen LogP contribution in [0.3, 0.4) is 0 Å². The molecule has 0 spiro atoms. The maximum Gasteiger partial charge on any atom is 0.311 e. The molecule has 0 bridgehead atoms. The second-order valence-corrected chi connectivity index (χ2v) is 5.56. The molecule has 1 unspecified atom stereocenters. The predicted octanol–water partition coefficient (Wildman–Crippen LogP) is 4.89. The first-order valence-corrected chi connectivity index (χ1v) is 7.82. The van der Waals surface area contributed by atoms with Gasteiger partial charge in [0, 0.05) is 0 Å². The van der Waals surface area contributed by atoms with Crippen LogP contribution in [0.25, 0.3) is 0 Å². The Hall–Kier alpha value is -3.07. The van der Waals surface area contributed by atoms with E-state index >= 15 is 0 Å². The van der Waals surface area contributed by atoms with E-state index in [-0.39, 0.29) is 0 Å². The summed E-state index contributed by atoms with van der Waals surface area (Å²) in [6, 6.07) is 26.4. The summed E-state index contributed by atoms with van der Waals surface area (Å²) in [6.07, 6.45) is 0.449. The normalized spacial score (nSPS) is 11.7. The third-order valence-electron chi connectivity index (χ3n) is 3.84. The second kappa shape index (κ2) is 7.47. The number of hydrogen-bond acceptors (Lipinski definition) is 2. The molecule has 0 aromatic heterocycles. The Bertz CT molecular complexity index is 780. The Labute approximate surface area is 141 Å². The van der Waals surface area contributed by atoms with Crippen LogP contribution < -0.4 is 4.74 Å². The number of rotatable bonds is 6. The van der Waals surface area contributed by atoms with Gasteiger partial charge in [-0.25, -0.2) is 0 Å². The topological polar surface area (TPSA) is 46.5 Å². The van der Waals surface area contributed by atoms with Gasteiger partial charge in [-0.05, 0) is 41.8 Å². The average molecular weight is 318 g/mol. The first-order valence-electron chi connectivity index (χ1n) is 7.82. The highest BCUT2D eigenvalue weighted by atomic mass is 16.5. The van der Waals surface area contributed by atoms with Crippen LogP contribution in [0.4, 0.5) is 0 Å². The summed E-state index contributed by atoms with van der Waals surface area (Å²) in [4.78, 5) is 11.6. The minimum atomic E-state index is -0.814. The van der Waals surface area contributed by atoms with Crippen molar-refractivity contribution in [3.8, 4) is 11.5 Å². The fraction of sp³-hybridized carbons (Fsp3) is 0.0952. The fourth-order valence-corrected chi connectivity index (χ4v) is 2.59. The molecule has 0 saturated carbocycles. The Kier molecular flexibility index (Phi) is 4.92. The Morgan fingerprint density at radius 3 is 1.92 bits per heavy atom. The van der Waals surface area contributed by atoms with Crippen molar-refractivity contribution in [3.05, 3.63) is 96.1 Å². The monoisotopic (exact) mass is 318 g/mol. The van der Waals surface area contributed by atoms with Gasteiger partial charge in [0.05, 0.1) is 5.92 Å². The van der Waals surface area contributed by atoms with Crippen LogP contribution in [-0.4, -0.2) is 11.1 Å². The number of aliphatic carboxylic acids is 1. The molecule has 0 heterocycles. The van der Waals surface area contributed by atoms with Crippen molar-refractivity contribution in [2.24, 2.45) is 0 Å². The van der Waals surface area contributed by atoms with Gasteiger partial charge in [-0.2, -0.15) is 0 Å². The van der Waals surface area contributed by atoms with Gasteiger partial charge in [-0.15, -0.1) is 0 Å². The van der Waals surface area contributed by atoms with E-state index in [0.29, 0.717) is 6.42 Å². The van der Waals surface area contributed by atoms with Crippen LogP contribution in [0.2, 0.25) is 0 Å². The molecule has 1 N–H and O–H groups in total. The van der Waals surface area contributed by atoms with Crippen molar-refractivity contribution in [1.29, 1.82) is 0 Å². The summed E-state index contributed by atoms with van der Waals surface area (Å²) >= 11 is 0. The Balaban J connectivity index is 1.72. The molecule has 3 heteroatoms. The molecule has 0 fully saturated rings. The van der Waals surface area contributed by atoms with Crippen molar-refractivity contribution in [2.45, 2.75) is 12.3 Å². The molecule has 0 saturated heterocycles. The molecule has 24 heavy (non-hydrogen) atoms. The molecule has 0 aliphatic heterocycles. The van der Waals surface area contributed by atoms with Gasteiger partial charge >= 0.3 is 5.97 Å². The summed E-state index contributed by atoms with van der Waals surface area (Å²) in [5.41, 5.74) is 1.78. The lowest BCUT2D eigenvalue weighted by Gasteiger charge is -2.13. The summed E-state index contributed by atoms with van der Waals surface area (Å²) < 4.78 is 5.75. The van der Waals surface area contributed by atoms with Crippen molar-refractivity contribution < 1.29 is 14.6 Å². The number of para-hydroxylation sites is 1. The quantitative estimate of drug-likeness (QED) is 0.704. The lowest BCUT2D eigenvalue weighted by molar-refractivity contribution is -0.138. The molecule has 3 aromatic rings. The number of carboxylic acids is 1. The van der Waals surface area contributed by atoms with Gasteiger partial charge < -0.3 is 9.84 Å². The zero-order chi connectivity index (χ0) is 16.8. The van der Waals surface area contributed by atoms with Gasteiger partial charge in [0.15, 0.2) is 0 Å². The SMILES string of the molecule is O=C(O)C(Cc1ccc(Oc2ccccc2)cc1)c1ccccc1. The standard InChI is InChI=1S/C21H18O3/c22-21(23)20(17-7-3-1-4-8-17)15-16-11-13-19(14-12-16)24-18-9-5-2-6-10-18/h1-14,20H,15H2,(H,22,23). The third-order valence-corrected chi connectivity index (χ3v) is 3.84. The number of hydrogen-bond donors (Lipinski definition) is 1. The molecule has 3 rings (SSSR count). The Morgan fingerprint density at radius 1 is 0.792 bits per heavy atom. The van der Waals surface area contributed by atoms with Crippen LogP contribution in [0.1, 0.15) is 17.0 Å². The molecule has 0 amide bonds. The van der Waals surface area contributed by atoms with E-state index in [2.05, 4.69) is 0 Å². The number of carboxylic acid groups (broad SMARTS) is 1. The van der Waals surface area contributed by atoms with Gasteiger partial charge in [0.2, 0.25) is 0 Å². The van der Waals surface area contributed by atoms with Crippen LogP contribution in [0.5, 0.6) is 11.5 Å². The maximum atomic E-state index is 11.6. The summed E-state index contributed by atoms with van der Waals surface area (Å²) in [5, 5.41) is 9.51. The molecule has 0 aliphatic rings. The lowest BCUT2D eigenvalue weighted by atomic mass is 9.92. The van der Waals surface area contributed by atoms with Crippen LogP contribution >= 0.6 is 0 Å². The lowest BCUT2D eigenvalue weighted by Crippen LogP contribution is -2.14. The van der Waals surface area contributed by atoms with Crippen LogP contribution in [0, 0.1) is 0 Å². The molecule has 1 atom stereocenters. The zero-order valence-corrected chi connectivity index (χ0v) is 13.1. The highest BCUT2D eigenvalue weighted by molar-refractivity contribution is 5.76. The van der Waals surface area contributed by atoms with Gasteiger partial charge in [-0.3, -0.25) is 4.79 Å². The van der Waals surface area contributed by atoms with E-state index in [1.54, 1.807) is 0 Å². The molecule has 0 radical (unpaired) electrons. The number of carbonyl (C=O) groups is 1. The van der Waals surface area contributed by atoms with E-state index < -0.39 is 11.9 Å². The molecule has 3 aromatic carbocycles. The third kappa shape index (κ3) is 4.02. The molecular weight excluding hydrogens is 300 g/mol. The smallest absolute Gasteiger partial charge is 0.311 e. The Morgan fingerprint density at radius 2 is 1.33 bits per heavy atom. The minimum absolute atomic E-state index is 0.449. The highest BCUT2D eigenvalue weighted by Gasteiger charge is 2.19. The van der Waals surface area contributed by atoms with E-state index in [9.17, 15) is 9.90 Å². The van der Waals surface area contributed by atoms with E-state index in [1.807, 2.05) is 84.9 Å². The van der Waals surface area contributed by atoms with Crippen LogP contribution in [0.15, 0.2) is 84.9 Å². The first kappa shape index (κ1) is 15.8. The van der Waals surface area contributed by atoms with Crippen molar-refractivity contribution in [2.75, 3.05) is 0 Å².